The molecule has 3 aromatic rings. The number of imidazole rings is 1. The molecule has 1 aliphatic rings. The first kappa shape index (κ1) is 17.5. The molecule has 1 saturated heterocycles. The molecule has 1 aliphatic heterocycles. The van der Waals surface area contributed by atoms with Crippen molar-refractivity contribution in [1.82, 2.24) is 14.7 Å². The SMILES string of the molecule is Cc1cccn2cc(COc3ccc(C(=O)NCC4CCCO4)cc3)nc12. The van der Waals surface area contributed by atoms with Crippen molar-refractivity contribution in [2.45, 2.75) is 32.5 Å². The van der Waals surface area contributed by atoms with Crippen LogP contribution in [0.5, 0.6) is 5.75 Å². The van der Waals surface area contributed by atoms with Crippen LogP contribution in [0.15, 0.2) is 48.8 Å². The predicted octanol–water partition coefficient (Wildman–Crippen LogP) is 3.13. The number of amides is 1. The van der Waals surface area contributed by atoms with Gasteiger partial charge in [0.25, 0.3) is 5.91 Å². The Balaban J connectivity index is 1.33. The quantitative estimate of drug-likeness (QED) is 0.729. The lowest BCUT2D eigenvalue weighted by atomic mass is 10.2. The van der Waals surface area contributed by atoms with Crippen LogP contribution in [0.4, 0.5) is 0 Å². The molecule has 3 heterocycles. The summed E-state index contributed by atoms with van der Waals surface area (Å²) in [5, 5.41) is 2.92. The molecule has 4 rings (SSSR count). The summed E-state index contributed by atoms with van der Waals surface area (Å²) in [7, 11) is 0. The molecule has 1 aromatic carbocycles. The van der Waals surface area contributed by atoms with Crippen LogP contribution in [0.1, 0.15) is 34.5 Å². The second kappa shape index (κ2) is 7.80. The molecule has 0 bridgehead atoms. The fraction of sp³-hybridized carbons (Fsp3) is 0.333. The van der Waals surface area contributed by atoms with Gasteiger partial charge in [-0.15, -0.1) is 0 Å². The number of carbonyl (C=O) groups is 1. The van der Waals surface area contributed by atoms with E-state index in [-0.39, 0.29) is 12.0 Å². The molecule has 0 aliphatic carbocycles. The van der Waals surface area contributed by atoms with E-state index in [9.17, 15) is 4.79 Å². The number of ether oxygens (including phenoxy) is 2. The summed E-state index contributed by atoms with van der Waals surface area (Å²) in [5.41, 5.74) is 3.54. The summed E-state index contributed by atoms with van der Waals surface area (Å²) in [4.78, 5) is 16.8. The standard InChI is InChI=1S/C21H23N3O3/c1-15-4-2-10-24-13-17(23-20(15)24)14-27-18-8-6-16(7-9-18)21(25)22-12-19-5-3-11-26-19/h2,4,6-10,13,19H,3,5,11-12,14H2,1H3,(H,22,25). The van der Waals surface area contributed by atoms with Gasteiger partial charge in [-0.2, -0.15) is 0 Å². The van der Waals surface area contributed by atoms with E-state index in [1.807, 2.05) is 48.0 Å². The van der Waals surface area contributed by atoms with Crippen molar-refractivity contribution in [3.63, 3.8) is 0 Å². The lowest BCUT2D eigenvalue weighted by Gasteiger charge is -2.11. The summed E-state index contributed by atoms with van der Waals surface area (Å²) in [6, 6.07) is 11.2. The van der Waals surface area contributed by atoms with Gasteiger partial charge in [0.15, 0.2) is 0 Å². The highest BCUT2D eigenvalue weighted by molar-refractivity contribution is 5.94. The molecule has 6 heteroatoms. The van der Waals surface area contributed by atoms with E-state index >= 15 is 0 Å². The second-order valence-corrected chi connectivity index (χ2v) is 6.81. The average Bonchev–Trinajstić information content (AvgIpc) is 3.35. The molecule has 1 atom stereocenters. The summed E-state index contributed by atoms with van der Waals surface area (Å²) >= 11 is 0. The molecule has 1 fully saturated rings. The number of aryl methyl sites for hydroxylation is 1. The number of rotatable bonds is 6. The molecule has 1 N–H and O–H groups in total. The molecule has 1 unspecified atom stereocenters. The fourth-order valence-corrected chi connectivity index (χ4v) is 3.25. The molecule has 0 saturated carbocycles. The fourth-order valence-electron chi connectivity index (χ4n) is 3.25. The molecule has 0 radical (unpaired) electrons. The number of pyridine rings is 1. The predicted molar refractivity (Wildman–Crippen MR) is 102 cm³/mol. The molecule has 6 nitrogen and oxygen atoms in total. The van der Waals surface area contributed by atoms with Crippen molar-refractivity contribution < 1.29 is 14.3 Å². The second-order valence-electron chi connectivity index (χ2n) is 6.81. The minimum absolute atomic E-state index is 0.0899. The normalized spacial score (nSPS) is 16.6. The number of hydrogen-bond donors (Lipinski definition) is 1. The van der Waals surface area contributed by atoms with Gasteiger partial charge >= 0.3 is 0 Å². The first-order valence-electron chi connectivity index (χ1n) is 9.25. The zero-order chi connectivity index (χ0) is 18.6. The Labute approximate surface area is 158 Å². The number of nitrogens with zero attached hydrogens (tertiary/aromatic N) is 2. The monoisotopic (exact) mass is 365 g/mol. The maximum Gasteiger partial charge on any atom is 0.251 e. The molecule has 0 spiro atoms. The first-order valence-corrected chi connectivity index (χ1v) is 9.25. The highest BCUT2D eigenvalue weighted by Crippen LogP contribution is 2.16. The van der Waals surface area contributed by atoms with E-state index in [2.05, 4.69) is 10.3 Å². The van der Waals surface area contributed by atoms with E-state index in [0.29, 0.717) is 24.5 Å². The van der Waals surface area contributed by atoms with Gasteiger partial charge in [0.1, 0.15) is 18.0 Å². The third-order valence-electron chi connectivity index (χ3n) is 4.75. The van der Waals surface area contributed by atoms with Crippen molar-refractivity contribution >= 4 is 11.6 Å². The number of nitrogens with one attached hydrogen (secondary N) is 1. The Morgan fingerprint density at radius 3 is 2.93 bits per heavy atom. The smallest absolute Gasteiger partial charge is 0.251 e. The van der Waals surface area contributed by atoms with E-state index in [0.717, 1.165) is 36.4 Å². The van der Waals surface area contributed by atoms with Gasteiger partial charge in [-0.25, -0.2) is 4.98 Å². The van der Waals surface area contributed by atoms with Crippen LogP contribution in [0, 0.1) is 6.92 Å². The summed E-state index contributed by atoms with van der Waals surface area (Å²) in [6.45, 7) is 3.77. The molecule has 140 valence electrons. The first-order chi connectivity index (χ1) is 13.2. The third kappa shape index (κ3) is 4.11. The van der Waals surface area contributed by atoms with Gasteiger partial charge in [-0.05, 0) is 55.7 Å². The third-order valence-corrected chi connectivity index (χ3v) is 4.75. The van der Waals surface area contributed by atoms with Crippen LogP contribution in [0.25, 0.3) is 5.65 Å². The lowest BCUT2D eigenvalue weighted by Crippen LogP contribution is -2.31. The van der Waals surface area contributed by atoms with E-state index < -0.39 is 0 Å². The van der Waals surface area contributed by atoms with Gasteiger partial charge in [-0.3, -0.25) is 4.79 Å². The molecule has 2 aromatic heterocycles. The molecule has 27 heavy (non-hydrogen) atoms. The average molecular weight is 365 g/mol. The minimum atomic E-state index is -0.0899. The topological polar surface area (TPSA) is 64.9 Å². The highest BCUT2D eigenvalue weighted by atomic mass is 16.5. The zero-order valence-corrected chi connectivity index (χ0v) is 15.4. The number of fused-ring (bicyclic) bond motifs is 1. The number of hydrogen-bond acceptors (Lipinski definition) is 4. The van der Waals surface area contributed by atoms with Crippen LogP contribution in [0.3, 0.4) is 0 Å². The zero-order valence-electron chi connectivity index (χ0n) is 15.4. The van der Waals surface area contributed by atoms with Gasteiger partial charge < -0.3 is 19.2 Å². The van der Waals surface area contributed by atoms with Gasteiger partial charge in [0.05, 0.1) is 11.8 Å². The Morgan fingerprint density at radius 1 is 1.33 bits per heavy atom. The highest BCUT2D eigenvalue weighted by Gasteiger charge is 2.16. The van der Waals surface area contributed by atoms with E-state index in [4.69, 9.17) is 9.47 Å². The molecular formula is C21H23N3O3. The van der Waals surface area contributed by atoms with Crippen molar-refractivity contribution in [2.24, 2.45) is 0 Å². The minimum Gasteiger partial charge on any atom is -0.487 e. The lowest BCUT2D eigenvalue weighted by molar-refractivity contribution is 0.0857. The van der Waals surface area contributed by atoms with Crippen molar-refractivity contribution in [1.29, 1.82) is 0 Å². The van der Waals surface area contributed by atoms with Gasteiger partial charge in [0.2, 0.25) is 0 Å². The van der Waals surface area contributed by atoms with Crippen molar-refractivity contribution in [3.8, 4) is 5.75 Å². The van der Waals surface area contributed by atoms with Crippen molar-refractivity contribution in [3.05, 3.63) is 65.6 Å². The van der Waals surface area contributed by atoms with Crippen molar-refractivity contribution in [2.75, 3.05) is 13.2 Å². The van der Waals surface area contributed by atoms with Gasteiger partial charge in [0, 0.05) is 31.1 Å². The maximum atomic E-state index is 12.2. The number of aromatic nitrogens is 2. The van der Waals surface area contributed by atoms with Crippen LogP contribution in [0.2, 0.25) is 0 Å². The largest absolute Gasteiger partial charge is 0.487 e. The van der Waals surface area contributed by atoms with Crippen LogP contribution < -0.4 is 10.1 Å². The van der Waals surface area contributed by atoms with Crippen LogP contribution >= 0.6 is 0 Å². The van der Waals surface area contributed by atoms with E-state index in [1.165, 1.54) is 0 Å². The Hall–Kier alpha value is -2.86. The molecular weight excluding hydrogens is 342 g/mol. The Bertz CT molecular complexity index is 927. The maximum absolute atomic E-state index is 12.2. The summed E-state index contributed by atoms with van der Waals surface area (Å²) < 4.78 is 13.3. The van der Waals surface area contributed by atoms with Crippen LogP contribution in [-0.4, -0.2) is 34.5 Å². The summed E-state index contributed by atoms with van der Waals surface area (Å²) in [5.74, 6) is 0.618. The number of benzene rings is 1. The van der Waals surface area contributed by atoms with E-state index in [1.54, 1.807) is 12.1 Å². The Kier molecular flexibility index (Phi) is 5.07. The number of carbonyl (C=O) groups excluding carboxylic acids is 1. The molecule has 1 amide bonds. The van der Waals surface area contributed by atoms with Gasteiger partial charge in [-0.1, -0.05) is 6.07 Å². The Morgan fingerprint density at radius 2 is 2.19 bits per heavy atom. The summed E-state index contributed by atoms with van der Waals surface area (Å²) in [6.07, 6.45) is 6.16. The van der Waals surface area contributed by atoms with Crippen LogP contribution in [-0.2, 0) is 11.3 Å².